The summed E-state index contributed by atoms with van der Waals surface area (Å²) in [7, 11) is 0. The number of hydrogen-bond donors (Lipinski definition) is 0. The number of aromatic nitrogens is 2. The lowest BCUT2D eigenvalue weighted by Crippen LogP contribution is -2.32. The Morgan fingerprint density at radius 2 is 1.85 bits per heavy atom. The van der Waals surface area contributed by atoms with Crippen LogP contribution in [0.4, 0.5) is 10.2 Å². The monoisotopic (exact) mass is 269 g/mol. The van der Waals surface area contributed by atoms with Gasteiger partial charge in [0.1, 0.15) is 5.82 Å². The summed E-state index contributed by atoms with van der Waals surface area (Å²) >= 11 is 0. The van der Waals surface area contributed by atoms with Crippen LogP contribution >= 0.6 is 0 Å². The molecule has 2 unspecified atom stereocenters. The Balaban J connectivity index is 1.58. The van der Waals surface area contributed by atoms with Crippen molar-refractivity contribution in [1.82, 2.24) is 10.2 Å². The van der Waals surface area contributed by atoms with Gasteiger partial charge in [-0.3, -0.25) is 0 Å². The lowest BCUT2D eigenvalue weighted by molar-refractivity contribution is 0.549. The van der Waals surface area contributed by atoms with Crippen molar-refractivity contribution in [2.24, 2.45) is 5.92 Å². The number of fused-ring (bicyclic) bond motifs is 2. The Kier molecular flexibility index (Phi) is 2.69. The highest BCUT2D eigenvalue weighted by Gasteiger charge is 2.38. The van der Waals surface area contributed by atoms with Crippen LogP contribution in [-0.4, -0.2) is 22.8 Å². The van der Waals surface area contributed by atoms with Crippen LogP contribution in [0.5, 0.6) is 0 Å². The predicted molar refractivity (Wildman–Crippen MR) is 75.9 cm³/mol. The van der Waals surface area contributed by atoms with Crippen LogP contribution in [0.15, 0.2) is 36.4 Å². The van der Waals surface area contributed by atoms with Gasteiger partial charge in [0.2, 0.25) is 0 Å². The average Bonchev–Trinajstić information content (AvgIpc) is 3.11. The standard InChI is InChI=1S/C16H16FN3/c17-13-4-2-12(3-5-13)15-7-8-16(19-18-15)20-10-11-1-6-14(20)9-11/h2-5,7-8,11,14H,1,6,9-10H2. The Hall–Kier alpha value is -1.97. The molecule has 0 radical (unpaired) electrons. The molecule has 1 saturated heterocycles. The normalized spacial score (nSPS) is 24.4. The van der Waals surface area contributed by atoms with Crippen molar-refractivity contribution in [3.8, 4) is 11.3 Å². The number of hydrogen-bond acceptors (Lipinski definition) is 3. The van der Waals surface area contributed by atoms with Crippen LogP contribution in [0.25, 0.3) is 11.3 Å². The molecule has 3 nitrogen and oxygen atoms in total. The Bertz CT molecular complexity index is 609. The van der Waals surface area contributed by atoms with Gasteiger partial charge in [0.05, 0.1) is 5.69 Å². The van der Waals surface area contributed by atoms with Crippen molar-refractivity contribution >= 4 is 5.82 Å². The summed E-state index contributed by atoms with van der Waals surface area (Å²) < 4.78 is 12.9. The predicted octanol–water partition coefficient (Wildman–Crippen LogP) is 3.27. The summed E-state index contributed by atoms with van der Waals surface area (Å²) in [5.41, 5.74) is 1.69. The largest absolute Gasteiger partial charge is 0.352 e. The summed E-state index contributed by atoms with van der Waals surface area (Å²) in [5, 5.41) is 8.65. The fourth-order valence-corrected chi connectivity index (χ4v) is 3.46. The van der Waals surface area contributed by atoms with Gasteiger partial charge in [-0.1, -0.05) is 0 Å². The molecule has 1 aliphatic heterocycles. The van der Waals surface area contributed by atoms with Gasteiger partial charge in [-0.05, 0) is 61.6 Å². The molecule has 1 aromatic carbocycles. The van der Waals surface area contributed by atoms with E-state index in [0.717, 1.165) is 29.5 Å². The van der Waals surface area contributed by atoms with Crippen molar-refractivity contribution < 1.29 is 4.39 Å². The molecule has 2 aromatic rings. The van der Waals surface area contributed by atoms with E-state index in [2.05, 4.69) is 15.1 Å². The van der Waals surface area contributed by atoms with Gasteiger partial charge in [0.25, 0.3) is 0 Å². The van der Waals surface area contributed by atoms with Crippen molar-refractivity contribution in [3.05, 3.63) is 42.2 Å². The van der Waals surface area contributed by atoms with Gasteiger partial charge in [-0.15, -0.1) is 10.2 Å². The minimum absolute atomic E-state index is 0.230. The number of halogens is 1. The minimum Gasteiger partial charge on any atom is -0.352 e. The molecule has 4 heteroatoms. The molecule has 0 spiro atoms. The molecule has 4 rings (SSSR count). The molecule has 102 valence electrons. The maximum absolute atomic E-state index is 12.9. The van der Waals surface area contributed by atoms with E-state index < -0.39 is 0 Å². The van der Waals surface area contributed by atoms with Crippen LogP contribution in [-0.2, 0) is 0 Å². The summed E-state index contributed by atoms with van der Waals surface area (Å²) in [5.74, 6) is 1.59. The van der Waals surface area contributed by atoms with Gasteiger partial charge in [-0.2, -0.15) is 0 Å². The summed E-state index contributed by atoms with van der Waals surface area (Å²) in [4.78, 5) is 2.38. The molecule has 20 heavy (non-hydrogen) atoms. The number of rotatable bonds is 2. The lowest BCUT2D eigenvalue weighted by Gasteiger charge is -2.27. The fraction of sp³-hybridized carbons (Fsp3) is 0.375. The molecule has 1 aromatic heterocycles. The first-order chi connectivity index (χ1) is 9.79. The topological polar surface area (TPSA) is 29.0 Å². The highest BCUT2D eigenvalue weighted by Crippen LogP contribution is 2.39. The molecular formula is C16H16FN3. The second-order valence-electron chi connectivity index (χ2n) is 5.77. The highest BCUT2D eigenvalue weighted by atomic mass is 19.1. The van der Waals surface area contributed by atoms with Gasteiger partial charge < -0.3 is 4.90 Å². The van der Waals surface area contributed by atoms with E-state index in [-0.39, 0.29) is 5.82 Å². The van der Waals surface area contributed by atoms with Crippen LogP contribution in [0, 0.1) is 11.7 Å². The van der Waals surface area contributed by atoms with E-state index in [1.165, 1.54) is 31.4 Å². The summed E-state index contributed by atoms with van der Waals surface area (Å²) in [6.07, 6.45) is 3.95. The maximum Gasteiger partial charge on any atom is 0.151 e. The lowest BCUT2D eigenvalue weighted by atomic mass is 10.1. The molecule has 2 atom stereocenters. The zero-order valence-electron chi connectivity index (χ0n) is 11.2. The van der Waals surface area contributed by atoms with E-state index >= 15 is 0 Å². The second-order valence-corrected chi connectivity index (χ2v) is 5.77. The molecule has 0 amide bonds. The number of piperidine rings is 1. The zero-order valence-corrected chi connectivity index (χ0v) is 11.2. The summed E-state index contributed by atoms with van der Waals surface area (Å²) in [6.45, 7) is 1.12. The van der Waals surface area contributed by atoms with Crippen molar-refractivity contribution in [2.75, 3.05) is 11.4 Å². The molecule has 2 fully saturated rings. The zero-order chi connectivity index (χ0) is 13.5. The molecule has 2 bridgehead atoms. The van der Waals surface area contributed by atoms with Crippen LogP contribution in [0.1, 0.15) is 19.3 Å². The number of anilines is 1. The van der Waals surface area contributed by atoms with Crippen molar-refractivity contribution in [3.63, 3.8) is 0 Å². The van der Waals surface area contributed by atoms with Gasteiger partial charge in [-0.25, -0.2) is 4.39 Å². The van der Waals surface area contributed by atoms with E-state index in [1.54, 1.807) is 12.1 Å². The van der Waals surface area contributed by atoms with E-state index in [9.17, 15) is 4.39 Å². The average molecular weight is 269 g/mol. The van der Waals surface area contributed by atoms with Crippen LogP contribution < -0.4 is 4.90 Å². The smallest absolute Gasteiger partial charge is 0.151 e. The summed E-state index contributed by atoms with van der Waals surface area (Å²) in [6, 6.07) is 11.0. The second kappa shape index (κ2) is 4.54. The molecule has 1 saturated carbocycles. The van der Waals surface area contributed by atoms with E-state index in [1.807, 2.05) is 12.1 Å². The SMILES string of the molecule is Fc1ccc(-c2ccc(N3CC4CCC3C4)nn2)cc1. The first-order valence-corrected chi connectivity index (χ1v) is 7.16. The molecular weight excluding hydrogens is 253 g/mol. The third kappa shape index (κ3) is 1.96. The number of nitrogens with zero attached hydrogens (tertiary/aromatic N) is 3. The maximum atomic E-state index is 12.9. The molecule has 2 heterocycles. The highest BCUT2D eigenvalue weighted by molar-refractivity contribution is 5.59. The van der Waals surface area contributed by atoms with Crippen LogP contribution in [0.2, 0.25) is 0 Å². The Morgan fingerprint density at radius 3 is 2.45 bits per heavy atom. The van der Waals surface area contributed by atoms with Crippen molar-refractivity contribution in [2.45, 2.75) is 25.3 Å². The first-order valence-electron chi connectivity index (χ1n) is 7.16. The van der Waals surface area contributed by atoms with Gasteiger partial charge >= 0.3 is 0 Å². The van der Waals surface area contributed by atoms with Gasteiger partial charge in [0.15, 0.2) is 5.82 Å². The van der Waals surface area contributed by atoms with Crippen LogP contribution in [0.3, 0.4) is 0 Å². The quantitative estimate of drug-likeness (QED) is 0.838. The Morgan fingerprint density at radius 1 is 1.00 bits per heavy atom. The third-order valence-electron chi connectivity index (χ3n) is 4.49. The van der Waals surface area contributed by atoms with Crippen molar-refractivity contribution in [1.29, 1.82) is 0 Å². The first kappa shape index (κ1) is 11.8. The van der Waals surface area contributed by atoms with E-state index in [0.29, 0.717) is 6.04 Å². The molecule has 2 aliphatic rings. The minimum atomic E-state index is -0.230. The molecule has 0 N–H and O–H groups in total. The van der Waals surface area contributed by atoms with E-state index in [4.69, 9.17) is 0 Å². The number of benzene rings is 1. The third-order valence-corrected chi connectivity index (χ3v) is 4.49. The Labute approximate surface area is 117 Å². The molecule has 1 aliphatic carbocycles. The fourth-order valence-electron chi connectivity index (χ4n) is 3.46. The van der Waals surface area contributed by atoms with Gasteiger partial charge in [0, 0.05) is 18.2 Å².